The molecule has 7 aliphatic rings. The van der Waals surface area contributed by atoms with Gasteiger partial charge in [-0.2, -0.15) is 0 Å². The second-order valence-electron chi connectivity index (χ2n) is 20.5. The summed E-state index contributed by atoms with van der Waals surface area (Å²) in [6, 6.07) is 8.09. The molecule has 5 saturated carbocycles. The first-order valence-electron chi connectivity index (χ1n) is 20.7. The van der Waals surface area contributed by atoms with Crippen molar-refractivity contribution < 1.29 is 18.5 Å². The van der Waals surface area contributed by atoms with Crippen molar-refractivity contribution in [3.63, 3.8) is 0 Å². The summed E-state index contributed by atoms with van der Waals surface area (Å²) in [4.78, 5) is 28.3. The van der Waals surface area contributed by atoms with E-state index >= 15 is 0 Å². The van der Waals surface area contributed by atoms with Crippen LogP contribution in [0.3, 0.4) is 0 Å². The number of allylic oxidation sites excluding steroid dienone is 2. The van der Waals surface area contributed by atoms with Crippen molar-refractivity contribution in [2.24, 2.45) is 56.7 Å². The topological polar surface area (TPSA) is 75.7 Å². The average molecular weight is 731 g/mol. The highest BCUT2D eigenvalue weighted by Gasteiger charge is 2.72. The summed E-state index contributed by atoms with van der Waals surface area (Å²) in [6.45, 7) is 17.5. The van der Waals surface area contributed by atoms with Crippen molar-refractivity contribution in [3.8, 4) is 0 Å². The van der Waals surface area contributed by atoms with Crippen LogP contribution in [0, 0.1) is 56.7 Å². The van der Waals surface area contributed by atoms with Gasteiger partial charge in [-0.3, -0.25) is 13.9 Å². The number of nitrogens with one attached hydrogen (secondary N) is 1. The van der Waals surface area contributed by atoms with Crippen molar-refractivity contribution in [3.05, 3.63) is 41.5 Å². The van der Waals surface area contributed by atoms with E-state index in [0.29, 0.717) is 71.7 Å². The number of ether oxygens (including phenoxy) is 1. The zero-order chi connectivity index (χ0) is 37.1. The lowest BCUT2D eigenvalue weighted by Crippen LogP contribution is -2.68. The number of rotatable bonds is 6. The Hall–Kier alpha value is -2.12. The minimum absolute atomic E-state index is 0.0282. The molecule has 8 rings (SSSR count). The molecule has 7 heteroatoms. The third kappa shape index (κ3) is 5.46. The maximum Gasteiger partial charge on any atom is 0.337 e. The van der Waals surface area contributed by atoms with Gasteiger partial charge in [0.25, 0.3) is 0 Å². The summed E-state index contributed by atoms with van der Waals surface area (Å²) in [7, 11) is -0.534. The summed E-state index contributed by atoms with van der Waals surface area (Å²) in [5.74, 6) is 8.19. The van der Waals surface area contributed by atoms with Crippen molar-refractivity contribution in [1.29, 1.82) is 0 Å². The number of nitrogens with zero attached hydrogens (tertiary/aromatic N) is 1. The second kappa shape index (κ2) is 12.2. The summed E-state index contributed by atoms with van der Waals surface area (Å²) in [6.07, 6.45) is 16.2. The van der Waals surface area contributed by atoms with Gasteiger partial charge in [-0.1, -0.05) is 59.8 Å². The number of fused-ring (bicyclic) bond motifs is 7. The molecular formula is C45H66N2O4S. The van der Waals surface area contributed by atoms with Crippen LogP contribution in [0.25, 0.3) is 5.57 Å². The van der Waals surface area contributed by atoms with E-state index in [4.69, 9.17) is 4.74 Å². The van der Waals surface area contributed by atoms with Crippen LogP contribution >= 0.6 is 0 Å². The molecule has 0 spiro atoms. The van der Waals surface area contributed by atoms with Crippen LogP contribution < -0.4 is 5.32 Å². The second-order valence-corrected chi connectivity index (χ2v) is 23.2. The lowest BCUT2D eigenvalue weighted by molar-refractivity contribution is -0.222. The molecule has 0 bridgehead atoms. The maximum absolute atomic E-state index is 14.0. The van der Waals surface area contributed by atoms with Crippen LogP contribution in [-0.2, 0) is 19.1 Å². The van der Waals surface area contributed by atoms with Crippen molar-refractivity contribution in [2.45, 2.75) is 118 Å². The highest BCUT2D eigenvalue weighted by Crippen LogP contribution is 2.78. The van der Waals surface area contributed by atoms with Gasteiger partial charge in [0.15, 0.2) is 0 Å². The van der Waals surface area contributed by atoms with Crippen molar-refractivity contribution in [1.82, 2.24) is 10.2 Å². The number of methoxy groups -OCH3 is 1. The normalized spacial score (nSPS) is 42.8. The van der Waals surface area contributed by atoms with Crippen molar-refractivity contribution in [2.75, 3.05) is 38.2 Å². The van der Waals surface area contributed by atoms with Gasteiger partial charge in [0.1, 0.15) is 0 Å². The van der Waals surface area contributed by atoms with E-state index in [0.717, 1.165) is 19.3 Å². The molecule has 0 radical (unpaired) electrons. The number of carbonyl (C=O) groups is 2. The minimum Gasteiger partial charge on any atom is -0.465 e. The summed E-state index contributed by atoms with van der Waals surface area (Å²) in [5, 5.41) is 3.82. The monoisotopic (exact) mass is 730 g/mol. The molecule has 2 unspecified atom stereocenters. The van der Waals surface area contributed by atoms with Crippen LogP contribution in [0.4, 0.5) is 0 Å². The molecule has 6 fully saturated rings. The molecule has 1 aromatic rings. The van der Waals surface area contributed by atoms with Crippen LogP contribution in [0.15, 0.2) is 30.3 Å². The standard InChI is InChI=1S/C45H66N2O4S/c1-40(2)32(30-9-11-31(12-10-30)39(49)51-7)15-18-42(4)35(40)17-19-44(6)36(42)14-13-34-38-33(41(3)21-22-41)16-20-45(38,24-23-43(34,44)5)46-37(48)29-47-25-27-52(8,50)28-26-47/h9-12,15,33-36,38H,8,13-14,16-29H2,1-7H3,(H,46,48)/t33-,34-,35?,36-,38?,42+,43-,44-,45+/m1/s1. The highest BCUT2D eigenvalue weighted by atomic mass is 32.2. The Morgan fingerprint density at radius 3 is 2.19 bits per heavy atom. The maximum atomic E-state index is 14.0. The van der Waals surface area contributed by atoms with Gasteiger partial charge < -0.3 is 10.1 Å². The van der Waals surface area contributed by atoms with Crippen LogP contribution in [0.1, 0.15) is 128 Å². The third-order valence-corrected chi connectivity index (χ3v) is 19.7. The summed E-state index contributed by atoms with van der Waals surface area (Å²) >= 11 is 0. The van der Waals surface area contributed by atoms with Gasteiger partial charge in [0, 0.05) is 30.1 Å². The van der Waals surface area contributed by atoms with Gasteiger partial charge in [-0.25, -0.2) is 4.79 Å². The van der Waals surface area contributed by atoms with Gasteiger partial charge in [0.2, 0.25) is 5.91 Å². The van der Waals surface area contributed by atoms with E-state index in [1.165, 1.54) is 69.6 Å². The summed E-state index contributed by atoms with van der Waals surface area (Å²) < 4.78 is 17.5. The van der Waals surface area contributed by atoms with Gasteiger partial charge in [-0.15, -0.1) is 0 Å². The smallest absolute Gasteiger partial charge is 0.337 e. The number of esters is 1. The minimum atomic E-state index is -1.98. The number of carbonyl (C=O) groups excluding carboxylic acids is 2. The predicted molar refractivity (Wildman–Crippen MR) is 213 cm³/mol. The molecular weight excluding hydrogens is 665 g/mol. The Bertz CT molecular complexity index is 1750. The molecule has 1 aliphatic heterocycles. The molecule has 1 heterocycles. The van der Waals surface area contributed by atoms with Crippen molar-refractivity contribution >= 4 is 32.8 Å². The largest absolute Gasteiger partial charge is 0.465 e. The first kappa shape index (κ1) is 36.8. The number of hydrogen-bond donors (Lipinski definition) is 1. The molecule has 6 aliphatic carbocycles. The van der Waals surface area contributed by atoms with Crippen LogP contribution in [0.2, 0.25) is 0 Å². The predicted octanol–water partition coefficient (Wildman–Crippen LogP) is 8.25. The zero-order valence-electron chi connectivity index (χ0n) is 33.3. The molecule has 1 aromatic carbocycles. The number of benzene rings is 1. The van der Waals surface area contributed by atoms with E-state index in [1.807, 2.05) is 12.1 Å². The summed E-state index contributed by atoms with van der Waals surface area (Å²) in [5.41, 5.74) is 4.37. The Labute approximate surface area is 314 Å². The van der Waals surface area contributed by atoms with E-state index in [9.17, 15) is 13.8 Å². The zero-order valence-corrected chi connectivity index (χ0v) is 34.1. The van der Waals surface area contributed by atoms with Gasteiger partial charge >= 0.3 is 5.97 Å². The highest BCUT2D eigenvalue weighted by molar-refractivity contribution is 8.00. The number of hydrogen-bond acceptors (Lipinski definition) is 5. The SMILES string of the molecule is C=S1(=O)CCN(CC(=O)N[C@]23CC[C@@H](C4(C)CC4)C2[C@H]2CC[C@@H]4[C@@]5(C)CC=C(c6ccc(C(=O)OC)cc6)C(C)(C)C5CC[C@@]4(C)[C@]2(C)CC3)CC1. The fourth-order valence-corrected chi connectivity index (χ4v) is 16.0. The van der Waals surface area contributed by atoms with E-state index < -0.39 is 9.52 Å². The van der Waals surface area contributed by atoms with Gasteiger partial charge in [-0.05, 0) is 166 Å². The van der Waals surface area contributed by atoms with E-state index in [2.05, 4.69) is 75.8 Å². The quantitative estimate of drug-likeness (QED) is 0.236. The lowest BCUT2D eigenvalue weighted by Gasteiger charge is -2.72. The Balaban J connectivity index is 1.07. The molecule has 1 amide bonds. The molecule has 9 atom stereocenters. The Morgan fingerprint density at radius 2 is 1.54 bits per heavy atom. The lowest BCUT2D eigenvalue weighted by atomic mass is 9.32. The van der Waals surface area contributed by atoms with E-state index in [-0.39, 0.29) is 39.1 Å². The number of amides is 1. The average Bonchev–Trinajstić information content (AvgIpc) is 3.72. The fraction of sp³-hybridized carbons (Fsp3) is 0.756. The Morgan fingerprint density at radius 1 is 0.846 bits per heavy atom. The molecule has 0 aromatic heterocycles. The molecule has 52 heavy (non-hydrogen) atoms. The first-order valence-corrected chi connectivity index (χ1v) is 22.7. The molecule has 1 N–H and O–H groups in total. The molecule has 286 valence electrons. The third-order valence-electron chi connectivity index (χ3n) is 17.9. The Kier molecular flexibility index (Phi) is 8.63. The molecule has 6 nitrogen and oxygen atoms in total. The first-order chi connectivity index (χ1) is 24.4. The molecule has 1 saturated heterocycles. The fourth-order valence-electron chi connectivity index (χ4n) is 14.6. The van der Waals surface area contributed by atoms with Crippen LogP contribution in [-0.4, -0.2) is 70.6 Å². The van der Waals surface area contributed by atoms with Crippen LogP contribution in [0.5, 0.6) is 0 Å². The van der Waals surface area contributed by atoms with E-state index in [1.54, 1.807) is 0 Å². The van der Waals surface area contributed by atoms with Gasteiger partial charge in [0.05, 0.1) is 19.2 Å².